The maximum Gasteiger partial charge on any atom is 0.255 e. The lowest BCUT2D eigenvalue weighted by molar-refractivity contribution is -0.108. The number of phenolic OH excluding ortho intramolecular Hbond substituents is 1. The van der Waals surface area contributed by atoms with Crippen LogP contribution < -0.4 is 5.32 Å². The normalized spacial score (nSPS) is 14.8. The first-order valence-corrected chi connectivity index (χ1v) is 6.51. The SMILES string of the molecule is C=C(NC)C(CCC=O)N1Cc2cc(O)ccc2C1=O. The average Bonchev–Trinajstić information content (AvgIpc) is 2.75. The molecule has 20 heavy (non-hydrogen) atoms. The summed E-state index contributed by atoms with van der Waals surface area (Å²) in [5, 5.41) is 12.5. The molecule has 0 aliphatic carbocycles. The Hall–Kier alpha value is -2.30. The van der Waals surface area contributed by atoms with Crippen LogP contribution >= 0.6 is 0 Å². The molecule has 5 nitrogen and oxygen atoms in total. The van der Waals surface area contributed by atoms with Gasteiger partial charge in [0.1, 0.15) is 12.0 Å². The van der Waals surface area contributed by atoms with Crippen LogP contribution in [-0.4, -0.2) is 35.3 Å². The van der Waals surface area contributed by atoms with E-state index in [9.17, 15) is 14.7 Å². The van der Waals surface area contributed by atoms with Crippen molar-refractivity contribution in [1.29, 1.82) is 0 Å². The van der Waals surface area contributed by atoms with Gasteiger partial charge in [0.15, 0.2) is 0 Å². The number of rotatable bonds is 6. The van der Waals surface area contributed by atoms with Crippen molar-refractivity contribution in [2.75, 3.05) is 7.05 Å². The third-order valence-corrected chi connectivity index (χ3v) is 3.58. The second-order valence-electron chi connectivity index (χ2n) is 4.81. The largest absolute Gasteiger partial charge is 0.508 e. The molecule has 1 aromatic rings. The molecule has 0 fully saturated rings. The minimum atomic E-state index is -0.229. The monoisotopic (exact) mass is 274 g/mol. The fraction of sp³-hybridized carbons (Fsp3) is 0.333. The number of benzene rings is 1. The van der Waals surface area contributed by atoms with E-state index in [0.29, 0.717) is 30.6 Å². The number of carbonyl (C=O) groups is 2. The molecule has 0 aromatic heterocycles. The van der Waals surface area contributed by atoms with Gasteiger partial charge >= 0.3 is 0 Å². The van der Waals surface area contributed by atoms with Crippen molar-refractivity contribution in [2.45, 2.75) is 25.4 Å². The van der Waals surface area contributed by atoms with Crippen LogP contribution in [0.4, 0.5) is 0 Å². The molecule has 0 bridgehead atoms. The van der Waals surface area contributed by atoms with Crippen LogP contribution in [0, 0.1) is 0 Å². The second-order valence-corrected chi connectivity index (χ2v) is 4.81. The highest BCUT2D eigenvalue weighted by Crippen LogP contribution is 2.30. The minimum absolute atomic E-state index is 0.0905. The number of hydrogen-bond donors (Lipinski definition) is 2. The third kappa shape index (κ3) is 2.52. The summed E-state index contributed by atoms with van der Waals surface area (Å²) in [5.41, 5.74) is 2.11. The molecule has 1 atom stereocenters. The summed E-state index contributed by atoms with van der Waals surface area (Å²) in [5.74, 6) is 0.0579. The van der Waals surface area contributed by atoms with E-state index >= 15 is 0 Å². The number of hydrogen-bond acceptors (Lipinski definition) is 4. The predicted octanol–water partition coefficient (Wildman–Crippen LogP) is 1.43. The van der Waals surface area contributed by atoms with Crippen molar-refractivity contribution >= 4 is 12.2 Å². The highest BCUT2D eigenvalue weighted by atomic mass is 16.3. The maximum absolute atomic E-state index is 12.4. The first-order valence-electron chi connectivity index (χ1n) is 6.51. The molecule has 5 heteroatoms. The molecule has 0 saturated carbocycles. The number of fused-ring (bicyclic) bond motifs is 1. The summed E-state index contributed by atoms with van der Waals surface area (Å²) >= 11 is 0. The molecular formula is C15H18N2O3. The van der Waals surface area contributed by atoms with Gasteiger partial charge in [0.25, 0.3) is 5.91 Å². The van der Waals surface area contributed by atoms with Crippen LogP contribution in [0.1, 0.15) is 28.8 Å². The van der Waals surface area contributed by atoms with Gasteiger partial charge in [-0.25, -0.2) is 0 Å². The molecule has 1 unspecified atom stereocenters. The van der Waals surface area contributed by atoms with Gasteiger partial charge in [-0.3, -0.25) is 4.79 Å². The second kappa shape index (κ2) is 5.77. The fourth-order valence-electron chi connectivity index (χ4n) is 2.49. The van der Waals surface area contributed by atoms with Crippen LogP contribution in [-0.2, 0) is 11.3 Å². The number of aromatic hydroxyl groups is 1. The van der Waals surface area contributed by atoms with E-state index in [0.717, 1.165) is 11.8 Å². The Balaban J connectivity index is 2.26. The van der Waals surface area contributed by atoms with Crippen molar-refractivity contribution in [2.24, 2.45) is 0 Å². The lowest BCUT2D eigenvalue weighted by atomic mass is 10.1. The summed E-state index contributed by atoms with van der Waals surface area (Å²) in [4.78, 5) is 24.7. The summed E-state index contributed by atoms with van der Waals surface area (Å²) in [6.07, 6.45) is 1.75. The highest BCUT2D eigenvalue weighted by molar-refractivity contribution is 5.98. The Bertz CT molecular complexity index is 554. The van der Waals surface area contributed by atoms with Gasteiger partial charge in [-0.15, -0.1) is 0 Å². The van der Waals surface area contributed by atoms with E-state index < -0.39 is 0 Å². The van der Waals surface area contributed by atoms with Gasteiger partial charge in [0, 0.05) is 31.3 Å². The van der Waals surface area contributed by atoms with Crippen molar-refractivity contribution in [1.82, 2.24) is 10.2 Å². The Kier molecular flexibility index (Phi) is 4.08. The lowest BCUT2D eigenvalue weighted by Gasteiger charge is -2.29. The number of aldehydes is 1. The fourth-order valence-corrected chi connectivity index (χ4v) is 2.49. The number of likely N-dealkylation sites (N-methyl/N-ethyl adjacent to an activating group) is 1. The number of nitrogens with one attached hydrogen (secondary N) is 1. The van der Waals surface area contributed by atoms with E-state index in [-0.39, 0.29) is 17.7 Å². The minimum Gasteiger partial charge on any atom is -0.508 e. The Morgan fingerprint density at radius 1 is 1.60 bits per heavy atom. The summed E-state index contributed by atoms with van der Waals surface area (Å²) in [7, 11) is 1.75. The number of carbonyl (C=O) groups excluding carboxylic acids is 2. The zero-order chi connectivity index (χ0) is 14.7. The Morgan fingerprint density at radius 2 is 2.35 bits per heavy atom. The molecule has 1 aliphatic heterocycles. The summed E-state index contributed by atoms with van der Waals surface area (Å²) < 4.78 is 0. The lowest BCUT2D eigenvalue weighted by Crippen LogP contribution is -2.39. The zero-order valence-electron chi connectivity index (χ0n) is 11.4. The first kappa shape index (κ1) is 14.1. The molecule has 1 aliphatic rings. The molecule has 2 N–H and O–H groups in total. The van der Waals surface area contributed by atoms with Gasteiger partial charge < -0.3 is 20.1 Å². The molecule has 2 rings (SSSR count). The Morgan fingerprint density at radius 3 is 3.00 bits per heavy atom. The average molecular weight is 274 g/mol. The van der Waals surface area contributed by atoms with E-state index in [1.807, 2.05) is 0 Å². The smallest absolute Gasteiger partial charge is 0.255 e. The van der Waals surface area contributed by atoms with Crippen LogP contribution in [0.2, 0.25) is 0 Å². The molecule has 0 radical (unpaired) electrons. The van der Waals surface area contributed by atoms with E-state index in [1.165, 1.54) is 6.07 Å². The van der Waals surface area contributed by atoms with Gasteiger partial charge in [-0.05, 0) is 30.2 Å². The van der Waals surface area contributed by atoms with E-state index in [2.05, 4.69) is 11.9 Å². The quantitative estimate of drug-likeness (QED) is 0.770. The number of nitrogens with zero attached hydrogens (tertiary/aromatic N) is 1. The molecule has 1 amide bonds. The van der Waals surface area contributed by atoms with Crippen molar-refractivity contribution in [3.8, 4) is 5.75 Å². The van der Waals surface area contributed by atoms with Gasteiger partial charge in [-0.1, -0.05) is 6.58 Å². The molecule has 1 heterocycles. The van der Waals surface area contributed by atoms with Crippen molar-refractivity contribution in [3.63, 3.8) is 0 Å². The molecule has 106 valence electrons. The van der Waals surface area contributed by atoms with Gasteiger partial charge in [-0.2, -0.15) is 0 Å². The van der Waals surface area contributed by atoms with E-state index in [4.69, 9.17) is 0 Å². The van der Waals surface area contributed by atoms with Crippen LogP contribution in [0.3, 0.4) is 0 Å². The molecule has 1 aromatic carbocycles. The van der Waals surface area contributed by atoms with E-state index in [1.54, 1.807) is 24.1 Å². The van der Waals surface area contributed by atoms with Crippen molar-refractivity contribution in [3.05, 3.63) is 41.6 Å². The molecular weight excluding hydrogens is 256 g/mol. The number of amides is 1. The zero-order valence-corrected chi connectivity index (χ0v) is 11.4. The number of phenols is 1. The predicted molar refractivity (Wildman–Crippen MR) is 75.3 cm³/mol. The van der Waals surface area contributed by atoms with Gasteiger partial charge in [0.2, 0.25) is 0 Å². The van der Waals surface area contributed by atoms with Crippen LogP contribution in [0.25, 0.3) is 0 Å². The standard InChI is InChI=1S/C15H18N2O3/c1-10(16-2)14(4-3-7-18)17-9-11-8-12(19)5-6-13(11)15(17)20/h5-8,14,16,19H,1,3-4,9H2,2H3. The van der Waals surface area contributed by atoms with Gasteiger partial charge in [0.05, 0.1) is 6.04 Å². The van der Waals surface area contributed by atoms with Crippen molar-refractivity contribution < 1.29 is 14.7 Å². The Labute approximate surface area is 117 Å². The van der Waals surface area contributed by atoms with Crippen LogP contribution in [0.5, 0.6) is 5.75 Å². The molecule has 0 spiro atoms. The first-order chi connectivity index (χ1) is 9.58. The summed E-state index contributed by atoms with van der Waals surface area (Å²) in [6.45, 7) is 4.34. The van der Waals surface area contributed by atoms with Crippen LogP contribution in [0.15, 0.2) is 30.5 Å². The highest BCUT2D eigenvalue weighted by Gasteiger charge is 2.33. The topological polar surface area (TPSA) is 69.6 Å². The maximum atomic E-state index is 12.4. The molecule has 0 saturated heterocycles. The third-order valence-electron chi connectivity index (χ3n) is 3.58. The summed E-state index contributed by atoms with van der Waals surface area (Å²) in [6, 6.07) is 4.51.